The molecule has 0 spiro atoms. The monoisotopic (exact) mass is 408 g/mol. The van der Waals surface area contributed by atoms with Crippen LogP contribution in [0.15, 0.2) is 30.3 Å². The molecule has 1 fully saturated rings. The van der Waals surface area contributed by atoms with Crippen LogP contribution in [0, 0.1) is 0 Å². The summed E-state index contributed by atoms with van der Waals surface area (Å²) in [7, 11) is 1.25. The van der Waals surface area contributed by atoms with Gasteiger partial charge in [0.2, 0.25) is 5.91 Å². The molecule has 8 heteroatoms. The number of hydrogen-bond donors (Lipinski definition) is 0. The van der Waals surface area contributed by atoms with Crippen LogP contribution < -0.4 is 0 Å². The summed E-state index contributed by atoms with van der Waals surface area (Å²) in [6, 6.07) is 6.16. The molecule has 0 N–H and O–H groups in total. The highest BCUT2D eigenvalue weighted by Crippen LogP contribution is 2.17. The zero-order chi connectivity index (χ0) is 20.9. The molecule has 1 aliphatic heterocycles. The van der Waals surface area contributed by atoms with Gasteiger partial charge in [0.15, 0.2) is 0 Å². The zero-order valence-corrected chi connectivity index (χ0v) is 17.2. The molecule has 2 rings (SSSR count). The van der Waals surface area contributed by atoms with Gasteiger partial charge in [-0.25, -0.2) is 9.59 Å². The number of carbonyl (C=O) groups is 3. The Morgan fingerprint density at radius 2 is 1.93 bits per heavy atom. The summed E-state index contributed by atoms with van der Waals surface area (Å²) >= 11 is 5.94. The Bertz CT molecular complexity index is 772. The van der Waals surface area contributed by atoms with Crippen LogP contribution in [0.4, 0.5) is 4.79 Å². The Morgan fingerprint density at radius 1 is 1.21 bits per heavy atom. The maximum Gasteiger partial charge on any atom is 0.410 e. The molecule has 0 radical (unpaired) electrons. The number of amides is 2. The van der Waals surface area contributed by atoms with Gasteiger partial charge in [-0.15, -0.1) is 0 Å². The molecule has 1 heterocycles. The van der Waals surface area contributed by atoms with Gasteiger partial charge in [-0.2, -0.15) is 0 Å². The SMILES string of the molecule is COC(=O)C1CN(C(=O)OC(C)(C)C)CCN1C(=O)/C=C/c1cccc(Cl)c1. The number of carbonyl (C=O) groups excluding carboxylic acids is 3. The van der Waals surface area contributed by atoms with E-state index in [0.29, 0.717) is 5.02 Å². The fourth-order valence-electron chi connectivity index (χ4n) is 2.75. The highest BCUT2D eigenvalue weighted by Gasteiger charge is 2.38. The first-order chi connectivity index (χ1) is 13.1. The molecule has 1 saturated heterocycles. The van der Waals surface area contributed by atoms with Crippen LogP contribution >= 0.6 is 11.6 Å². The third-order valence-corrected chi connectivity index (χ3v) is 4.29. The first-order valence-electron chi connectivity index (χ1n) is 8.91. The fraction of sp³-hybridized carbons (Fsp3) is 0.450. The summed E-state index contributed by atoms with van der Waals surface area (Å²) in [5.41, 5.74) is 0.118. The molecular formula is C20H25ClN2O5. The van der Waals surface area contributed by atoms with E-state index >= 15 is 0 Å². The lowest BCUT2D eigenvalue weighted by atomic mass is 10.1. The predicted octanol–water partition coefficient (Wildman–Crippen LogP) is 2.97. The van der Waals surface area contributed by atoms with Crippen LogP contribution in [-0.2, 0) is 19.1 Å². The van der Waals surface area contributed by atoms with E-state index in [-0.39, 0.29) is 25.5 Å². The van der Waals surface area contributed by atoms with Crippen molar-refractivity contribution in [1.29, 1.82) is 0 Å². The largest absolute Gasteiger partial charge is 0.467 e. The zero-order valence-electron chi connectivity index (χ0n) is 16.5. The lowest BCUT2D eigenvalue weighted by Gasteiger charge is -2.39. The highest BCUT2D eigenvalue weighted by atomic mass is 35.5. The van der Waals surface area contributed by atoms with Crippen LogP contribution in [0.1, 0.15) is 26.3 Å². The van der Waals surface area contributed by atoms with Gasteiger partial charge < -0.3 is 19.3 Å². The molecule has 0 bridgehead atoms. The molecular weight excluding hydrogens is 384 g/mol. The topological polar surface area (TPSA) is 76.2 Å². The third-order valence-electron chi connectivity index (χ3n) is 4.06. The lowest BCUT2D eigenvalue weighted by Crippen LogP contribution is -2.59. The number of benzene rings is 1. The number of nitrogens with zero attached hydrogens (tertiary/aromatic N) is 2. The van der Waals surface area contributed by atoms with Crippen molar-refractivity contribution < 1.29 is 23.9 Å². The molecule has 1 aromatic carbocycles. The average Bonchev–Trinajstić information content (AvgIpc) is 2.63. The van der Waals surface area contributed by atoms with E-state index in [1.54, 1.807) is 45.0 Å². The van der Waals surface area contributed by atoms with Crippen molar-refractivity contribution in [1.82, 2.24) is 9.80 Å². The van der Waals surface area contributed by atoms with Gasteiger partial charge in [-0.05, 0) is 44.5 Å². The summed E-state index contributed by atoms with van der Waals surface area (Å²) < 4.78 is 10.2. The van der Waals surface area contributed by atoms with Gasteiger partial charge in [-0.3, -0.25) is 4.79 Å². The van der Waals surface area contributed by atoms with E-state index in [9.17, 15) is 14.4 Å². The predicted molar refractivity (Wildman–Crippen MR) is 106 cm³/mol. The molecule has 7 nitrogen and oxygen atoms in total. The van der Waals surface area contributed by atoms with E-state index in [1.165, 1.54) is 23.0 Å². The fourth-order valence-corrected chi connectivity index (χ4v) is 2.95. The summed E-state index contributed by atoms with van der Waals surface area (Å²) in [6.07, 6.45) is 2.48. The molecule has 152 valence electrons. The standard InChI is InChI=1S/C20H25ClN2O5/c1-20(2,3)28-19(26)22-10-11-23(16(13-22)18(25)27-4)17(24)9-8-14-6-5-7-15(21)12-14/h5-9,12,16H,10-11,13H2,1-4H3/b9-8+. The first kappa shape index (κ1) is 21.8. The van der Waals surface area contributed by atoms with Gasteiger partial charge in [0.05, 0.1) is 13.7 Å². The summed E-state index contributed by atoms with van der Waals surface area (Å²) in [6.45, 7) is 5.77. The Labute approximate surface area is 169 Å². The molecule has 0 aliphatic carbocycles. The number of esters is 1. The Hall–Kier alpha value is -2.54. The second kappa shape index (κ2) is 9.10. The van der Waals surface area contributed by atoms with Crippen LogP contribution in [0.2, 0.25) is 5.02 Å². The van der Waals surface area contributed by atoms with Gasteiger partial charge in [0.25, 0.3) is 0 Å². The second-order valence-electron chi connectivity index (χ2n) is 7.39. The van der Waals surface area contributed by atoms with Crippen molar-refractivity contribution in [3.05, 3.63) is 40.9 Å². The van der Waals surface area contributed by atoms with Crippen molar-refractivity contribution in [2.75, 3.05) is 26.7 Å². The number of methoxy groups -OCH3 is 1. The first-order valence-corrected chi connectivity index (χ1v) is 9.28. The van der Waals surface area contributed by atoms with Crippen molar-refractivity contribution in [2.24, 2.45) is 0 Å². The van der Waals surface area contributed by atoms with Crippen LogP contribution in [0.5, 0.6) is 0 Å². The van der Waals surface area contributed by atoms with Gasteiger partial charge in [0.1, 0.15) is 11.6 Å². The van der Waals surface area contributed by atoms with Crippen molar-refractivity contribution in [3.63, 3.8) is 0 Å². The van der Waals surface area contributed by atoms with E-state index in [0.717, 1.165) is 5.56 Å². The smallest absolute Gasteiger partial charge is 0.410 e. The third kappa shape index (κ3) is 5.99. The Morgan fingerprint density at radius 3 is 2.54 bits per heavy atom. The second-order valence-corrected chi connectivity index (χ2v) is 7.82. The molecule has 1 aliphatic rings. The van der Waals surface area contributed by atoms with Crippen LogP contribution in [0.25, 0.3) is 6.08 Å². The van der Waals surface area contributed by atoms with E-state index in [1.807, 2.05) is 6.07 Å². The summed E-state index contributed by atoms with van der Waals surface area (Å²) in [4.78, 5) is 40.0. The number of hydrogen-bond acceptors (Lipinski definition) is 5. The molecule has 28 heavy (non-hydrogen) atoms. The average molecular weight is 409 g/mol. The van der Waals surface area contributed by atoms with E-state index < -0.39 is 23.7 Å². The minimum Gasteiger partial charge on any atom is -0.467 e. The number of ether oxygens (including phenoxy) is 2. The quantitative estimate of drug-likeness (QED) is 0.567. The molecule has 1 atom stereocenters. The maximum atomic E-state index is 12.7. The Kier molecular flexibility index (Phi) is 7.07. The molecule has 1 aromatic rings. The molecule has 0 saturated carbocycles. The molecule has 0 aromatic heterocycles. The van der Waals surface area contributed by atoms with Gasteiger partial charge in [0, 0.05) is 24.2 Å². The lowest BCUT2D eigenvalue weighted by molar-refractivity contribution is -0.154. The number of halogens is 1. The van der Waals surface area contributed by atoms with Crippen molar-refractivity contribution in [2.45, 2.75) is 32.4 Å². The minimum atomic E-state index is -0.900. The van der Waals surface area contributed by atoms with E-state index in [2.05, 4.69) is 0 Å². The maximum absolute atomic E-state index is 12.7. The van der Waals surface area contributed by atoms with E-state index in [4.69, 9.17) is 21.1 Å². The molecule has 2 amide bonds. The van der Waals surface area contributed by atoms with Gasteiger partial charge in [-0.1, -0.05) is 23.7 Å². The number of rotatable bonds is 3. The van der Waals surface area contributed by atoms with Crippen LogP contribution in [0.3, 0.4) is 0 Å². The summed E-state index contributed by atoms with van der Waals surface area (Å²) in [5.74, 6) is -0.933. The van der Waals surface area contributed by atoms with Crippen molar-refractivity contribution in [3.8, 4) is 0 Å². The van der Waals surface area contributed by atoms with Crippen LogP contribution in [-0.4, -0.2) is 66.2 Å². The normalized spacial score (nSPS) is 17.5. The van der Waals surface area contributed by atoms with Gasteiger partial charge >= 0.3 is 12.1 Å². The Balaban J connectivity index is 2.12. The number of piperazine rings is 1. The van der Waals surface area contributed by atoms with Crippen molar-refractivity contribution >= 4 is 35.6 Å². The minimum absolute atomic E-state index is 0.0122. The molecule has 1 unspecified atom stereocenters. The summed E-state index contributed by atoms with van der Waals surface area (Å²) in [5, 5.41) is 0.563. The highest BCUT2D eigenvalue weighted by molar-refractivity contribution is 6.30.